The van der Waals surface area contributed by atoms with Crippen LogP contribution in [0.3, 0.4) is 0 Å². The molecule has 2 heterocycles. The van der Waals surface area contributed by atoms with Gasteiger partial charge in [0.1, 0.15) is 18.8 Å². The van der Waals surface area contributed by atoms with E-state index in [0.29, 0.717) is 13.0 Å². The fourth-order valence-corrected chi connectivity index (χ4v) is 3.43. The van der Waals surface area contributed by atoms with E-state index in [2.05, 4.69) is 16.0 Å². The van der Waals surface area contributed by atoms with Crippen molar-refractivity contribution >= 4 is 52.7 Å². The molecular weight excluding hydrogens is 473 g/mol. The third kappa shape index (κ3) is 7.98. The first-order valence-electron chi connectivity index (χ1n) is 9.89. The molecule has 3 N–H and O–H groups in total. The molecule has 0 radical (unpaired) electrons. The molecule has 1 saturated heterocycles. The minimum atomic E-state index is -1.77. The summed E-state index contributed by atoms with van der Waals surface area (Å²) in [4.78, 5) is 37.7. The third-order valence-electron chi connectivity index (χ3n) is 4.63. The van der Waals surface area contributed by atoms with Crippen LogP contribution in [0.15, 0.2) is 12.2 Å². The van der Waals surface area contributed by atoms with Crippen LogP contribution in [0.5, 0.6) is 0 Å². The van der Waals surface area contributed by atoms with Gasteiger partial charge in [-0.1, -0.05) is 60.8 Å². The zero-order valence-electron chi connectivity index (χ0n) is 17.7. The molecule has 176 valence electrons. The number of halogens is 3. The number of hydrogen-bond acceptors (Lipinski definition) is 6. The van der Waals surface area contributed by atoms with Gasteiger partial charge in [-0.25, -0.2) is 4.79 Å². The van der Waals surface area contributed by atoms with E-state index in [1.54, 1.807) is 19.9 Å². The first-order valence-corrected chi connectivity index (χ1v) is 11.0. The van der Waals surface area contributed by atoms with Gasteiger partial charge in [0.2, 0.25) is 9.70 Å². The first kappa shape index (κ1) is 26.0. The molecule has 9 nitrogen and oxygen atoms in total. The molecule has 0 unspecified atom stereocenters. The molecule has 31 heavy (non-hydrogen) atoms. The number of nitrogens with one attached hydrogen (secondary N) is 3. The Morgan fingerprint density at radius 3 is 2.58 bits per heavy atom. The number of ether oxygens (including phenoxy) is 3. The van der Waals surface area contributed by atoms with Crippen LogP contribution in [-0.4, -0.2) is 64.9 Å². The van der Waals surface area contributed by atoms with E-state index in [9.17, 15) is 14.4 Å². The van der Waals surface area contributed by atoms with Gasteiger partial charge in [0.05, 0.1) is 6.04 Å². The molecule has 0 spiro atoms. The third-order valence-corrected chi connectivity index (χ3v) is 4.96. The molecule has 1 fully saturated rings. The van der Waals surface area contributed by atoms with Crippen molar-refractivity contribution < 1.29 is 28.6 Å². The van der Waals surface area contributed by atoms with Crippen LogP contribution in [0.2, 0.25) is 0 Å². The summed E-state index contributed by atoms with van der Waals surface area (Å²) in [6.45, 7) is 7.02. The SMILES string of the molecule is CC(C)[C@@H]1NC(=O)[C@@H](NC(=O)OCC(Cl)(Cl)Cl)/C=C/CCNC(=O)[C@H]2OC(C)(C)O[C@@H]21. The topological polar surface area (TPSA) is 115 Å². The van der Waals surface area contributed by atoms with Crippen molar-refractivity contribution in [2.45, 2.75) is 68.0 Å². The summed E-state index contributed by atoms with van der Waals surface area (Å²) in [5.41, 5.74) is 0. The molecule has 0 bridgehead atoms. The van der Waals surface area contributed by atoms with Crippen LogP contribution >= 0.6 is 34.8 Å². The summed E-state index contributed by atoms with van der Waals surface area (Å²) in [6.07, 6.45) is 1.06. The van der Waals surface area contributed by atoms with E-state index >= 15 is 0 Å². The maximum atomic E-state index is 13.0. The predicted octanol–water partition coefficient (Wildman–Crippen LogP) is 2.19. The second kappa shape index (κ2) is 10.6. The number of amides is 3. The van der Waals surface area contributed by atoms with Crippen LogP contribution in [0.1, 0.15) is 34.1 Å². The van der Waals surface area contributed by atoms with Gasteiger partial charge in [-0.2, -0.15) is 0 Å². The second-order valence-corrected chi connectivity index (χ2v) is 10.6. The average Bonchev–Trinajstić information content (AvgIpc) is 2.96. The molecule has 0 aromatic heterocycles. The van der Waals surface area contributed by atoms with Crippen molar-refractivity contribution in [3.05, 3.63) is 12.2 Å². The maximum Gasteiger partial charge on any atom is 0.408 e. The van der Waals surface area contributed by atoms with Crippen LogP contribution in [-0.2, 0) is 23.8 Å². The van der Waals surface area contributed by atoms with E-state index in [4.69, 9.17) is 49.0 Å². The molecule has 0 aliphatic carbocycles. The summed E-state index contributed by atoms with van der Waals surface area (Å²) < 4.78 is 14.9. The number of carbonyl (C=O) groups excluding carboxylic acids is 3. The Morgan fingerprint density at radius 2 is 1.97 bits per heavy atom. The largest absolute Gasteiger partial charge is 0.445 e. The fraction of sp³-hybridized carbons (Fsp3) is 0.737. The zero-order valence-corrected chi connectivity index (χ0v) is 20.0. The van der Waals surface area contributed by atoms with E-state index in [0.717, 1.165) is 0 Å². The Kier molecular flexibility index (Phi) is 8.86. The highest BCUT2D eigenvalue weighted by Gasteiger charge is 2.50. The molecular formula is C19H28Cl3N3O6. The molecule has 2 aliphatic heterocycles. The summed E-state index contributed by atoms with van der Waals surface area (Å²) in [7, 11) is 0. The minimum absolute atomic E-state index is 0.106. The number of carbonyl (C=O) groups is 3. The molecule has 2 aliphatic rings. The lowest BCUT2D eigenvalue weighted by Gasteiger charge is -2.31. The van der Waals surface area contributed by atoms with E-state index in [1.807, 2.05) is 13.8 Å². The smallest absolute Gasteiger partial charge is 0.408 e. The lowest BCUT2D eigenvalue weighted by molar-refractivity contribution is -0.157. The van der Waals surface area contributed by atoms with Gasteiger partial charge in [0.15, 0.2) is 11.9 Å². The number of alkyl carbamates (subject to hydrolysis) is 1. The highest BCUT2D eigenvalue weighted by Crippen LogP contribution is 2.32. The quantitative estimate of drug-likeness (QED) is 0.404. The average molecular weight is 501 g/mol. The van der Waals surface area contributed by atoms with Crippen molar-refractivity contribution in [1.29, 1.82) is 0 Å². The van der Waals surface area contributed by atoms with Crippen LogP contribution in [0.25, 0.3) is 0 Å². The molecule has 0 aromatic rings. The monoisotopic (exact) mass is 499 g/mol. The number of fused-ring (bicyclic) bond motifs is 1. The second-order valence-electron chi connectivity index (χ2n) is 8.12. The summed E-state index contributed by atoms with van der Waals surface area (Å²) in [5, 5.41) is 8.12. The zero-order chi connectivity index (χ0) is 23.4. The molecule has 3 amide bonds. The van der Waals surface area contributed by atoms with E-state index in [-0.39, 0.29) is 11.8 Å². The lowest BCUT2D eigenvalue weighted by Crippen LogP contribution is -2.57. The normalized spacial score (nSPS) is 30.3. The first-order chi connectivity index (χ1) is 14.3. The lowest BCUT2D eigenvalue weighted by atomic mass is 9.93. The Bertz CT molecular complexity index is 710. The van der Waals surface area contributed by atoms with E-state index < -0.39 is 52.5 Å². The number of alkyl halides is 3. The van der Waals surface area contributed by atoms with Crippen molar-refractivity contribution in [1.82, 2.24) is 16.0 Å². The van der Waals surface area contributed by atoms with Crippen LogP contribution in [0, 0.1) is 5.92 Å². The van der Waals surface area contributed by atoms with Gasteiger partial charge in [0.25, 0.3) is 5.91 Å². The van der Waals surface area contributed by atoms with Crippen molar-refractivity contribution in [3.8, 4) is 0 Å². The van der Waals surface area contributed by atoms with Crippen molar-refractivity contribution in [2.24, 2.45) is 5.92 Å². The molecule has 0 saturated carbocycles. The Hall–Kier alpha value is -1.26. The predicted molar refractivity (Wildman–Crippen MR) is 116 cm³/mol. The Labute approximate surface area is 196 Å². The molecule has 4 atom stereocenters. The van der Waals surface area contributed by atoms with Gasteiger partial charge in [0, 0.05) is 6.54 Å². The van der Waals surface area contributed by atoms with Crippen LogP contribution in [0.4, 0.5) is 4.79 Å². The molecule has 12 heteroatoms. The number of rotatable bonds is 3. The highest BCUT2D eigenvalue weighted by molar-refractivity contribution is 6.67. The highest BCUT2D eigenvalue weighted by atomic mass is 35.6. The maximum absolute atomic E-state index is 13.0. The summed E-state index contributed by atoms with van der Waals surface area (Å²) >= 11 is 16.7. The molecule has 2 rings (SSSR count). The summed E-state index contributed by atoms with van der Waals surface area (Å²) in [5.74, 6) is -1.92. The van der Waals surface area contributed by atoms with E-state index in [1.165, 1.54) is 6.08 Å². The Balaban J connectivity index is 2.22. The Morgan fingerprint density at radius 1 is 1.29 bits per heavy atom. The van der Waals surface area contributed by atoms with Gasteiger partial charge in [-0.15, -0.1) is 0 Å². The minimum Gasteiger partial charge on any atom is -0.445 e. The van der Waals surface area contributed by atoms with Crippen molar-refractivity contribution in [2.75, 3.05) is 13.2 Å². The van der Waals surface area contributed by atoms with Gasteiger partial charge in [-0.05, 0) is 26.2 Å². The van der Waals surface area contributed by atoms with Gasteiger partial charge < -0.3 is 30.2 Å². The number of hydrogen-bond donors (Lipinski definition) is 3. The molecule has 0 aromatic carbocycles. The standard InChI is InChI=1S/C19H28Cl3N3O6/c1-10(2)12-13-14(31-18(3,4)30-13)16(27)23-8-6-5-7-11(15(26)25-12)24-17(28)29-9-19(20,21)22/h5,7,10-14H,6,8-9H2,1-4H3,(H,23,27)(H,24,28)(H,25,26)/b7-5+/t11-,12-,13+,14-/m0/s1. The van der Waals surface area contributed by atoms with Crippen molar-refractivity contribution in [3.63, 3.8) is 0 Å². The fourth-order valence-electron chi connectivity index (χ4n) is 3.27. The van der Waals surface area contributed by atoms with Crippen LogP contribution < -0.4 is 16.0 Å². The van der Waals surface area contributed by atoms with Gasteiger partial charge in [-0.3, -0.25) is 9.59 Å². The van der Waals surface area contributed by atoms with Gasteiger partial charge >= 0.3 is 6.09 Å². The summed E-state index contributed by atoms with van der Waals surface area (Å²) in [6, 6.07) is -1.62.